The average Bonchev–Trinajstić information content (AvgIpc) is 3.31. The molecule has 4 rings (SSSR count). The van der Waals surface area contributed by atoms with Crippen molar-refractivity contribution in [2.75, 3.05) is 56.7 Å². The van der Waals surface area contributed by atoms with E-state index in [2.05, 4.69) is 20.4 Å². The number of amides is 1. The summed E-state index contributed by atoms with van der Waals surface area (Å²) >= 11 is 0. The summed E-state index contributed by atoms with van der Waals surface area (Å²) in [6.45, 7) is 4.37. The first-order valence-corrected chi connectivity index (χ1v) is 10.1. The fourth-order valence-corrected chi connectivity index (χ4v) is 3.69. The van der Waals surface area contributed by atoms with Crippen molar-refractivity contribution in [1.82, 2.24) is 15.1 Å². The molecule has 154 valence electrons. The van der Waals surface area contributed by atoms with Gasteiger partial charge < -0.3 is 24.6 Å². The number of nitrogens with zero attached hydrogens (tertiary/aromatic N) is 4. The summed E-state index contributed by atoms with van der Waals surface area (Å²) in [5, 5.41) is 11.9. The van der Waals surface area contributed by atoms with Crippen LogP contribution in [0.25, 0.3) is 0 Å². The molecule has 3 heterocycles. The highest BCUT2D eigenvalue weighted by Crippen LogP contribution is 2.18. The van der Waals surface area contributed by atoms with E-state index in [-0.39, 0.29) is 12.0 Å². The number of hydrogen-bond acceptors (Lipinski definition) is 7. The lowest BCUT2D eigenvalue weighted by Gasteiger charge is -2.35. The van der Waals surface area contributed by atoms with Gasteiger partial charge in [0.2, 0.25) is 0 Å². The van der Waals surface area contributed by atoms with Crippen LogP contribution in [-0.2, 0) is 4.74 Å². The van der Waals surface area contributed by atoms with Crippen molar-refractivity contribution in [3.05, 3.63) is 42.0 Å². The molecule has 1 atom stereocenters. The highest BCUT2D eigenvalue weighted by Gasteiger charge is 2.23. The monoisotopic (exact) mass is 397 g/mol. The minimum Gasteiger partial charge on any atom is -0.497 e. The Labute approximate surface area is 170 Å². The molecular weight excluding hydrogens is 370 g/mol. The third-order valence-electron chi connectivity index (χ3n) is 5.39. The van der Waals surface area contributed by atoms with Gasteiger partial charge in [-0.05, 0) is 43.2 Å². The molecule has 0 bridgehead atoms. The summed E-state index contributed by atoms with van der Waals surface area (Å²) in [5.74, 6) is 2.32. The molecule has 2 aromatic rings. The molecular formula is C21H27N5O3. The quantitative estimate of drug-likeness (QED) is 0.799. The van der Waals surface area contributed by atoms with Gasteiger partial charge in [-0.25, -0.2) is 0 Å². The molecule has 0 aliphatic carbocycles. The maximum Gasteiger partial charge on any atom is 0.254 e. The van der Waals surface area contributed by atoms with Gasteiger partial charge in [0.05, 0.1) is 13.2 Å². The molecule has 8 heteroatoms. The number of methoxy groups -OCH3 is 1. The first kappa shape index (κ1) is 19.4. The van der Waals surface area contributed by atoms with Crippen LogP contribution in [0.1, 0.15) is 23.2 Å². The van der Waals surface area contributed by atoms with Crippen molar-refractivity contribution in [3.8, 4) is 5.75 Å². The maximum atomic E-state index is 12.7. The number of rotatable bonds is 6. The van der Waals surface area contributed by atoms with Gasteiger partial charge in [0.25, 0.3) is 5.91 Å². The zero-order valence-corrected chi connectivity index (χ0v) is 16.7. The van der Waals surface area contributed by atoms with Crippen molar-refractivity contribution >= 4 is 17.5 Å². The first-order valence-electron chi connectivity index (χ1n) is 10.1. The molecule has 0 spiro atoms. The number of aromatic nitrogens is 2. The van der Waals surface area contributed by atoms with E-state index in [0.717, 1.165) is 50.7 Å². The molecule has 8 nitrogen and oxygen atoms in total. The summed E-state index contributed by atoms with van der Waals surface area (Å²) in [5.41, 5.74) is 0.652. The van der Waals surface area contributed by atoms with Crippen LogP contribution in [0.5, 0.6) is 5.75 Å². The predicted octanol–water partition coefficient (Wildman–Crippen LogP) is 2.04. The number of carbonyl (C=O) groups is 1. The molecule has 2 aliphatic heterocycles. The Bertz CT molecular complexity index is 815. The number of benzene rings is 1. The molecule has 2 fully saturated rings. The highest BCUT2D eigenvalue weighted by molar-refractivity contribution is 5.94. The molecule has 2 saturated heterocycles. The van der Waals surface area contributed by atoms with Gasteiger partial charge >= 0.3 is 0 Å². The van der Waals surface area contributed by atoms with Gasteiger partial charge in [-0.3, -0.25) is 4.79 Å². The first-order chi connectivity index (χ1) is 14.2. The van der Waals surface area contributed by atoms with Crippen molar-refractivity contribution in [2.45, 2.75) is 18.9 Å². The second-order valence-electron chi connectivity index (χ2n) is 7.30. The SMILES string of the molecule is COc1cccc(C(=O)N2CCN(c3ccc(NCC4CCCO4)nn3)CC2)c1. The number of hydrogen-bond donors (Lipinski definition) is 1. The van der Waals surface area contributed by atoms with E-state index in [1.165, 1.54) is 0 Å². The Morgan fingerprint density at radius 2 is 2.07 bits per heavy atom. The van der Waals surface area contributed by atoms with E-state index in [4.69, 9.17) is 9.47 Å². The van der Waals surface area contributed by atoms with Gasteiger partial charge in [-0.2, -0.15) is 0 Å². The fourth-order valence-electron chi connectivity index (χ4n) is 3.69. The lowest BCUT2D eigenvalue weighted by Crippen LogP contribution is -2.49. The highest BCUT2D eigenvalue weighted by atomic mass is 16.5. The van der Waals surface area contributed by atoms with E-state index in [1.807, 2.05) is 35.2 Å². The van der Waals surface area contributed by atoms with E-state index in [9.17, 15) is 4.79 Å². The minimum atomic E-state index is 0.0308. The summed E-state index contributed by atoms with van der Waals surface area (Å²) in [7, 11) is 1.60. The number of piperazine rings is 1. The topological polar surface area (TPSA) is 79.8 Å². The second kappa shape index (κ2) is 9.09. The predicted molar refractivity (Wildman–Crippen MR) is 111 cm³/mol. The Morgan fingerprint density at radius 3 is 2.76 bits per heavy atom. The van der Waals surface area contributed by atoms with Crippen molar-refractivity contribution in [1.29, 1.82) is 0 Å². The van der Waals surface area contributed by atoms with Crippen LogP contribution in [0.4, 0.5) is 11.6 Å². The number of carbonyl (C=O) groups excluding carboxylic acids is 1. The van der Waals surface area contributed by atoms with E-state index >= 15 is 0 Å². The van der Waals surface area contributed by atoms with Crippen molar-refractivity contribution < 1.29 is 14.3 Å². The largest absolute Gasteiger partial charge is 0.497 e. The van der Waals surface area contributed by atoms with Crippen molar-refractivity contribution in [2.24, 2.45) is 0 Å². The Hall–Kier alpha value is -2.87. The summed E-state index contributed by atoms with van der Waals surface area (Å²) in [6.07, 6.45) is 2.49. The maximum absolute atomic E-state index is 12.7. The smallest absolute Gasteiger partial charge is 0.254 e. The van der Waals surface area contributed by atoms with Gasteiger partial charge in [-0.1, -0.05) is 6.07 Å². The van der Waals surface area contributed by atoms with Crippen LogP contribution in [0.3, 0.4) is 0 Å². The molecule has 1 aromatic heterocycles. The second-order valence-corrected chi connectivity index (χ2v) is 7.30. The van der Waals surface area contributed by atoms with Crippen LogP contribution in [0.15, 0.2) is 36.4 Å². The normalized spacial score (nSPS) is 19.3. The zero-order valence-electron chi connectivity index (χ0n) is 16.7. The van der Waals surface area contributed by atoms with Crippen LogP contribution in [0.2, 0.25) is 0 Å². The molecule has 1 unspecified atom stereocenters. The van der Waals surface area contributed by atoms with Gasteiger partial charge in [0.1, 0.15) is 11.6 Å². The molecule has 0 saturated carbocycles. The fraction of sp³-hybridized carbons (Fsp3) is 0.476. The van der Waals surface area contributed by atoms with E-state index < -0.39 is 0 Å². The zero-order chi connectivity index (χ0) is 20.1. The van der Waals surface area contributed by atoms with Gasteiger partial charge in [0, 0.05) is 44.9 Å². The van der Waals surface area contributed by atoms with Gasteiger partial charge in [-0.15, -0.1) is 10.2 Å². The summed E-state index contributed by atoms with van der Waals surface area (Å²) < 4.78 is 10.8. The Morgan fingerprint density at radius 1 is 1.21 bits per heavy atom. The number of nitrogens with one attached hydrogen (secondary N) is 1. The molecule has 1 amide bonds. The van der Waals surface area contributed by atoms with Crippen LogP contribution in [0, 0.1) is 0 Å². The molecule has 2 aliphatic rings. The van der Waals surface area contributed by atoms with Crippen LogP contribution >= 0.6 is 0 Å². The molecule has 29 heavy (non-hydrogen) atoms. The van der Waals surface area contributed by atoms with E-state index in [1.54, 1.807) is 13.2 Å². The van der Waals surface area contributed by atoms with E-state index in [0.29, 0.717) is 24.4 Å². The Kier molecular flexibility index (Phi) is 6.09. The lowest BCUT2D eigenvalue weighted by atomic mass is 10.1. The number of ether oxygens (including phenoxy) is 2. The lowest BCUT2D eigenvalue weighted by molar-refractivity contribution is 0.0746. The van der Waals surface area contributed by atoms with Crippen LogP contribution in [-0.4, -0.2) is 73.5 Å². The summed E-state index contributed by atoms with van der Waals surface area (Å²) in [4.78, 5) is 16.8. The molecule has 1 aromatic carbocycles. The third kappa shape index (κ3) is 4.76. The minimum absolute atomic E-state index is 0.0308. The third-order valence-corrected chi connectivity index (χ3v) is 5.39. The summed E-state index contributed by atoms with van der Waals surface area (Å²) in [6, 6.07) is 11.2. The molecule has 1 N–H and O–H groups in total. The van der Waals surface area contributed by atoms with Crippen LogP contribution < -0.4 is 15.0 Å². The molecule has 0 radical (unpaired) electrons. The van der Waals surface area contributed by atoms with Crippen molar-refractivity contribution in [3.63, 3.8) is 0 Å². The average molecular weight is 397 g/mol. The van der Waals surface area contributed by atoms with Gasteiger partial charge in [0.15, 0.2) is 5.82 Å². The number of anilines is 2. The Balaban J connectivity index is 1.29. The standard InChI is InChI=1S/C21H27N5O3/c1-28-17-5-2-4-16(14-17)21(27)26-11-9-25(10-12-26)20-8-7-19(23-24-20)22-15-18-6-3-13-29-18/h2,4-5,7-8,14,18H,3,6,9-13,15H2,1H3,(H,22,23).